The summed E-state index contributed by atoms with van der Waals surface area (Å²) in [6.07, 6.45) is 9.52. The number of hydrogen-bond acceptors (Lipinski definition) is 2. The zero-order valence-corrected chi connectivity index (χ0v) is 24.6. The van der Waals surface area contributed by atoms with Crippen molar-refractivity contribution in [1.29, 1.82) is 0 Å². The third kappa shape index (κ3) is 9.25. The average Bonchev–Trinajstić information content (AvgIpc) is 2.91. The first-order chi connectivity index (χ1) is 17.9. The Morgan fingerprint density at radius 2 is 1.38 bits per heavy atom. The summed E-state index contributed by atoms with van der Waals surface area (Å²) in [7, 11) is -0.787. The molecule has 0 fully saturated rings. The predicted octanol–water partition coefficient (Wildman–Crippen LogP) is 8.90. The Morgan fingerprint density at radius 3 is 2.00 bits per heavy atom. The van der Waals surface area contributed by atoms with Gasteiger partial charge in [-0.2, -0.15) is 0 Å². The quantitative estimate of drug-likeness (QED) is 0.0933. The van der Waals surface area contributed by atoms with Crippen molar-refractivity contribution in [2.75, 3.05) is 0 Å². The minimum Gasteiger partial charge on any atom is -0.417 e. The Balaban J connectivity index is 2.16. The second-order valence-electron chi connectivity index (χ2n) is 11.2. The van der Waals surface area contributed by atoms with E-state index in [1.54, 1.807) is 0 Å². The molecule has 1 atom stereocenters. The fourth-order valence-electron chi connectivity index (χ4n) is 4.73. The molecule has 0 aromatic heterocycles. The smallest absolute Gasteiger partial charge is 0.167 e. The highest BCUT2D eigenvalue weighted by molar-refractivity contribution is 6.32. The summed E-state index contributed by atoms with van der Waals surface area (Å²) in [5.41, 5.74) is 6.49. The van der Waals surface area contributed by atoms with Crippen molar-refractivity contribution in [3.63, 3.8) is 0 Å². The lowest BCUT2D eigenvalue weighted by Gasteiger charge is -2.29. The van der Waals surface area contributed by atoms with Crippen LogP contribution in [0.25, 0.3) is 11.1 Å². The lowest BCUT2D eigenvalue weighted by atomic mass is 9.85. The van der Waals surface area contributed by atoms with E-state index in [0.717, 1.165) is 35.8 Å². The molecule has 0 aliphatic rings. The van der Waals surface area contributed by atoms with Gasteiger partial charge >= 0.3 is 0 Å². The Bertz CT molecular complexity index is 1110. The maximum Gasteiger partial charge on any atom is 0.167 e. The van der Waals surface area contributed by atoms with Crippen LogP contribution in [-0.2, 0) is 4.43 Å². The molecule has 3 heteroatoms. The molecule has 3 aromatic carbocycles. The van der Waals surface area contributed by atoms with Gasteiger partial charge < -0.3 is 4.43 Å². The van der Waals surface area contributed by atoms with Crippen molar-refractivity contribution in [3.05, 3.63) is 107 Å². The number of hydrogen-bond donors (Lipinski definition) is 0. The molecule has 3 aromatic rings. The SMILES string of the molecule is CCCCCCCCC(O[SiH2]C(C)(C)C)C(=C(c1ccccc1)c1cccc(C=O)c1)c1ccccc1. The number of aldehydes is 1. The Kier molecular flexibility index (Phi) is 11.6. The second-order valence-corrected chi connectivity index (χ2v) is 13.9. The Hall–Kier alpha value is -2.75. The van der Waals surface area contributed by atoms with E-state index in [-0.39, 0.29) is 11.1 Å². The van der Waals surface area contributed by atoms with Gasteiger partial charge in [0.05, 0.1) is 6.10 Å². The summed E-state index contributed by atoms with van der Waals surface area (Å²) < 4.78 is 6.94. The molecule has 0 saturated carbocycles. The van der Waals surface area contributed by atoms with Crippen LogP contribution in [-0.4, -0.2) is 22.2 Å². The average molecular weight is 513 g/mol. The van der Waals surface area contributed by atoms with Gasteiger partial charge in [-0.3, -0.25) is 4.79 Å². The van der Waals surface area contributed by atoms with Crippen LogP contribution in [0, 0.1) is 0 Å². The molecule has 0 aliphatic carbocycles. The van der Waals surface area contributed by atoms with Gasteiger partial charge in [0.15, 0.2) is 9.76 Å². The van der Waals surface area contributed by atoms with Crippen molar-refractivity contribution in [3.8, 4) is 0 Å². The summed E-state index contributed by atoms with van der Waals surface area (Å²) in [4.78, 5) is 11.7. The Labute approximate surface area is 227 Å². The molecular formula is C34H44O2Si. The molecule has 0 bridgehead atoms. The summed E-state index contributed by atoms with van der Waals surface area (Å²) in [5, 5.41) is 0.200. The second kappa shape index (κ2) is 14.9. The van der Waals surface area contributed by atoms with E-state index >= 15 is 0 Å². The minimum absolute atomic E-state index is 0.00885. The van der Waals surface area contributed by atoms with E-state index in [2.05, 4.69) is 94.4 Å². The highest BCUT2D eigenvalue weighted by Gasteiger charge is 2.25. The molecule has 37 heavy (non-hydrogen) atoms. The first-order valence-electron chi connectivity index (χ1n) is 13.9. The zero-order chi connectivity index (χ0) is 26.5. The van der Waals surface area contributed by atoms with Gasteiger partial charge in [0, 0.05) is 5.56 Å². The van der Waals surface area contributed by atoms with Crippen molar-refractivity contribution in [2.45, 2.75) is 83.8 Å². The van der Waals surface area contributed by atoms with Crippen LogP contribution in [0.3, 0.4) is 0 Å². The third-order valence-corrected chi connectivity index (χ3v) is 8.02. The first kappa shape index (κ1) is 28.8. The molecule has 3 rings (SSSR count). The van der Waals surface area contributed by atoms with Crippen molar-refractivity contribution >= 4 is 27.2 Å². The van der Waals surface area contributed by atoms with Crippen LogP contribution < -0.4 is 0 Å². The van der Waals surface area contributed by atoms with Gasteiger partial charge in [-0.1, -0.05) is 145 Å². The Morgan fingerprint density at radius 1 is 0.784 bits per heavy atom. The van der Waals surface area contributed by atoms with Crippen LogP contribution in [0.1, 0.15) is 99.7 Å². The summed E-state index contributed by atoms with van der Waals surface area (Å²) in [6, 6.07) is 29.3. The van der Waals surface area contributed by atoms with E-state index in [1.807, 2.05) is 18.2 Å². The summed E-state index contributed by atoms with van der Waals surface area (Å²) in [5.74, 6) is 0. The molecule has 0 radical (unpaired) electrons. The fraction of sp³-hybridized carbons (Fsp3) is 0.382. The van der Waals surface area contributed by atoms with E-state index in [9.17, 15) is 4.79 Å². The molecule has 196 valence electrons. The molecular weight excluding hydrogens is 468 g/mol. The number of carbonyl (C=O) groups excluding carboxylic acids is 1. The van der Waals surface area contributed by atoms with E-state index in [4.69, 9.17) is 4.43 Å². The van der Waals surface area contributed by atoms with E-state index in [0.29, 0.717) is 5.56 Å². The molecule has 0 aliphatic heterocycles. The lowest BCUT2D eigenvalue weighted by Crippen LogP contribution is -2.24. The first-order valence-corrected chi connectivity index (χ1v) is 15.2. The van der Waals surface area contributed by atoms with Gasteiger partial charge in [0.1, 0.15) is 6.29 Å². The van der Waals surface area contributed by atoms with Crippen LogP contribution in [0.2, 0.25) is 5.04 Å². The normalized spacial score (nSPS) is 13.5. The van der Waals surface area contributed by atoms with Crippen molar-refractivity contribution in [2.24, 2.45) is 0 Å². The molecule has 0 N–H and O–H groups in total. The predicted molar refractivity (Wildman–Crippen MR) is 162 cm³/mol. The fourth-order valence-corrected chi connectivity index (χ4v) is 5.77. The van der Waals surface area contributed by atoms with Crippen LogP contribution in [0.5, 0.6) is 0 Å². The number of benzene rings is 3. The minimum atomic E-state index is -0.787. The zero-order valence-electron chi connectivity index (χ0n) is 23.2. The monoisotopic (exact) mass is 512 g/mol. The van der Waals surface area contributed by atoms with Crippen LogP contribution in [0.4, 0.5) is 0 Å². The van der Waals surface area contributed by atoms with Gasteiger partial charge in [-0.25, -0.2) is 0 Å². The van der Waals surface area contributed by atoms with E-state index in [1.165, 1.54) is 43.2 Å². The number of carbonyl (C=O) groups is 1. The van der Waals surface area contributed by atoms with Crippen molar-refractivity contribution < 1.29 is 9.22 Å². The largest absolute Gasteiger partial charge is 0.417 e. The molecule has 2 nitrogen and oxygen atoms in total. The molecule has 0 spiro atoms. The maximum atomic E-state index is 11.7. The maximum absolute atomic E-state index is 11.7. The highest BCUT2D eigenvalue weighted by atomic mass is 28.2. The van der Waals surface area contributed by atoms with Crippen LogP contribution >= 0.6 is 0 Å². The molecule has 1 unspecified atom stereocenters. The van der Waals surface area contributed by atoms with E-state index < -0.39 is 9.76 Å². The molecule has 0 saturated heterocycles. The number of unbranched alkanes of at least 4 members (excludes halogenated alkanes) is 5. The van der Waals surface area contributed by atoms with Crippen molar-refractivity contribution in [1.82, 2.24) is 0 Å². The third-order valence-electron chi connectivity index (χ3n) is 6.59. The topological polar surface area (TPSA) is 26.3 Å². The van der Waals surface area contributed by atoms with Gasteiger partial charge in [0.2, 0.25) is 0 Å². The number of rotatable bonds is 14. The lowest BCUT2D eigenvalue weighted by molar-refractivity contribution is 0.112. The summed E-state index contributed by atoms with van der Waals surface area (Å²) >= 11 is 0. The van der Waals surface area contributed by atoms with Gasteiger partial charge in [-0.05, 0) is 45.4 Å². The highest BCUT2D eigenvalue weighted by Crippen LogP contribution is 2.38. The summed E-state index contributed by atoms with van der Waals surface area (Å²) in [6.45, 7) is 9.14. The van der Waals surface area contributed by atoms with Crippen LogP contribution in [0.15, 0.2) is 84.9 Å². The van der Waals surface area contributed by atoms with Gasteiger partial charge in [0.25, 0.3) is 0 Å². The van der Waals surface area contributed by atoms with Gasteiger partial charge in [-0.15, -0.1) is 0 Å². The standard InChI is InChI=1S/C34H44O2Si/c1-5-6-7-8-9-16-24-31(36-37-34(2,3)4)33(29-21-14-11-15-22-29)32(28-19-12-10-13-20-28)30-23-17-18-27(25-30)26-35/h10-15,17-23,25-26,31H,5-9,16,24,37H2,1-4H3. The molecule has 0 amide bonds. The molecule has 0 heterocycles.